The summed E-state index contributed by atoms with van der Waals surface area (Å²) >= 11 is 0. The molecular weight excluding hydrogens is 458 g/mol. The minimum absolute atomic E-state index is 0.377. The monoisotopic (exact) mass is 460 g/mol. The summed E-state index contributed by atoms with van der Waals surface area (Å²) in [6.45, 7) is 0. The molecule has 0 bridgehead atoms. The van der Waals surface area contributed by atoms with Gasteiger partial charge in [0, 0.05) is 0 Å². The lowest BCUT2D eigenvalue weighted by Crippen LogP contribution is -2.56. The zero-order valence-electron chi connectivity index (χ0n) is 12.7. The lowest BCUT2D eigenvalue weighted by Gasteiger charge is -2.26. The number of alkyl halides is 14. The first-order valence-corrected chi connectivity index (χ1v) is 6.37. The Kier molecular flexibility index (Phi) is 5.60. The summed E-state index contributed by atoms with van der Waals surface area (Å²) in [7, 11) is 0. The van der Waals surface area contributed by atoms with Gasteiger partial charge in [0.1, 0.15) is 0 Å². The highest BCUT2D eigenvalue weighted by atomic mass is 19.4. The number of hydrogen-bond acceptors (Lipinski definition) is 3. The molecule has 0 spiro atoms. The van der Waals surface area contributed by atoms with Crippen LogP contribution in [0.15, 0.2) is 16.5 Å². The summed E-state index contributed by atoms with van der Waals surface area (Å²) in [5.74, 6) is -39.0. The molecule has 0 amide bonds. The van der Waals surface area contributed by atoms with Crippen LogP contribution in [0.2, 0.25) is 0 Å². The fourth-order valence-electron chi connectivity index (χ4n) is 1.53. The fourth-order valence-corrected chi connectivity index (χ4v) is 1.53. The average molecular weight is 460 g/mol. The van der Waals surface area contributed by atoms with Crippen molar-refractivity contribution in [1.82, 2.24) is 0 Å². The molecule has 0 aliphatic rings. The van der Waals surface area contributed by atoms with E-state index in [1.807, 2.05) is 0 Å². The predicted molar refractivity (Wildman–Crippen MR) is 59.3 cm³/mol. The molecule has 0 saturated carbocycles. The number of hydrogen-bond donors (Lipinski definition) is 0. The van der Waals surface area contributed by atoms with Gasteiger partial charge in [0.15, 0.2) is 11.5 Å². The van der Waals surface area contributed by atoms with E-state index in [2.05, 4.69) is 4.42 Å². The molecule has 0 unspecified atom stereocenters. The third kappa shape index (κ3) is 3.65. The van der Waals surface area contributed by atoms with Crippen LogP contribution in [-0.4, -0.2) is 47.6 Å². The molecule has 0 saturated heterocycles. The van der Waals surface area contributed by atoms with Crippen LogP contribution in [-0.2, 0) is 0 Å². The highest BCUT2D eigenvalue weighted by Gasteiger charge is 2.78. The van der Waals surface area contributed by atoms with E-state index >= 15 is 0 Å². The highest BCUT2D eigenvalue weighted by Crippen LogP contribution is 2.49. The van der Waals surface area contributed by atoms with Crippen LogP contribution in [0.5, 0.6) is 0 Å². The minimum atomic E-state index is -7.03. The second kappa shape index (κ2) is 6.58. The van der Waals surface area contributed by atoms with Crippen molar-refractivity contribution in [2.45, 2.75) is 36.0 Å². The number of Topliss-reactive ketones (excluding diaryl/α,β-unsaturated/α-hetero) is 2. The van der Waals surface area contributed by atoms with Crippen molar-refractivity contribution in [2.75, 3.05) is 0 Å². The molecule has 0 aliphatic heterocycles. The van der Waals surface area contributed by atoms with Crippen LogP contribution in [0.1, 0.15) is 21.1 Å². The van der Waals surface area contributed by atoms with E-state index in [1.165, 1.54) is 0 Å². The van der Waals surface area contributed by atoms with Crippen molar-refractivity contribution in [3.05, 3.63) is 23.7 Å². The van der Waals surface area contributed by atoms with Gasteiger partial charge in [-0.25, -0.2) is 0 Å². The maximum atomic E-state index is 13.2. The summed E-state index contributed by atoms with van der Waals surface area (Å²) in [5.41, 5.74) is 0. The smallest absolute Gasteiger partial charge is 0.449 e. The number of rotatable bonds is 6. The topological polar surface area (TPSA) is 47.3 Å². The molecule has 0 aromatic carbocycles. The SMILES string of the molecule is O=C(c1ccc(C(=O)C(F)(F)C(F)(F)C(F)(F)F)o1)C(F)(F)C(F)(F)C(F)(F)F. The molecule has 0 aliphatic carbocycles. The molecule has 29 heavy (non-hydrogen) atoms. The van der Waals surface area contributed by atoms with E-state index in [0.717, 1.165) is 0 Å². The van der Waals surface area contributed by atoms with Crippen LogP contribution >= 0.6 is 0 Å². The normalized spacial score (nSPS) is 14.8. The standard InChI is InChI=1S/C12H2F14O3/c13-7(14,9(17,18)11(21,22)23)5(27)3-1-2-4(29-3)6(28)8(15,16)10(19,20)12(24,25)26/h1-2H. The maximum Gasteiger partial charge on any atom is 0.460 e. The van der Waals surface area contributed by atoms with E-state index in [0.29, 0.717) is 0 Å². The largest absolute Gasteiger partial charge is 0.460 e. The molecule has 1 rings (SSSR count). The van der Waals surface area contributed by atoms with Crippen LogP contribution in [0, 0.1) is 0 Å². The van der Waals surface area contributed by atoms with Gasteiger partial charge >= 0.3 is 36.0 Å². The Morgan fingerprint density at radius 3 is 1.00 bits per heavy atom. The summed E-state index contributed by atoms with van der Waals surface area (Å²) in [5, 5.41) is 0. The zero-order chi connectivity index (χ0) is 23.4. The first-order chi connectivity index (χ1) is 12.5. The third-order valence-electron chi connectivity index (χ3n) is 3.12. The van der Waals surface area contributed by atoms with Crippen molar-refractivity contribution in [3.63, 3.8) is 0 Å². The molecule has 0 fully saturated rings. The number of carbonyl (C=O) groups is 2. The highest BCUT2D eigenvalue weighted by molar-refractivity contribution is 6.03. The number of ketones is 2. The summed E-state index contributed by atoms with van der Waals surface area (Å²) in [6, 6.07) is -0.754. The predicted octanol–water partition coefficient (Wildman–Crippen LogP) is 5.31. The quantitative estimate of drug-likeness (QED) is 0.427. The average Bonchev–Trinajstić information content (AvgIpc) is 3.00. The number of halogens is 14. The van der Waals surface area contributed by atoms with Crippen molar-refractivity contribution in [1.29, 1.82) is 0 Å². The first kappa shape index (κ1) is 24.7. The molecule has 3 nitrogen and oxygen atoms in total. The Morgan fingerprint density at radius 2 is 0.793 bits per heavy atom. The van der Waals surface area contributed by atoms with Crippen molar-refractivity contribution >= 4 is 11.6 Å². The van der Waals surface area contributed by atoms with Gasteiger partial charge in [-0.1, -0.05) is 0 Å². The summed E-state index contributed by atoms with van der Waals surface area (Å²) < 4.78 is 179. The van der Waals surface area contributed by atoms with Gasteiger partial charge < -0.3 is 4.42 Å². The molecule has 1 aromatic rings. The zero-order valence-corrected chi connectivity index (χ0v) is 12.7. The van der Waals surface area contributed by atoms with Gasteiger partial charge in [-0.15, -0.1) is 0 Å². The Bertz CT molecular complexity index is 733. The minimum Gasteiger partial charge on any atom is -0.449 e. The van der Waals surface area contributed by atoms with Crippen LogP contribution in [0.4, 0.5) is 61.5 Å². The van der Waals surface area contributed by atoms with E-state index in [4.69, 9.17) is 0 Å². The molecule has 0 N–H and O–H groups in total. The molecule has 17 heteroatoms. The van der Waals surface area contributed by atoms with Gasteiger partial charge in [0.05, 0.1) is 0 Å². The van der Waals surface area contributed by atoms with Gasteiger partial charge in [-0.2, -0.15) is 61.5 Å². The Morgan fingerprint density at radius 1 is 0.552 bits per heavy atom. The van der Waals surface area contributed by atoms with E-state index in [-0.39, 0.29) is 12.1 Å². The molecule has 1 aromatic heterocycles. The van der Waals surface area contributed by atoms with E-state index in [9.17, 15) is 71.1 Å². The molecule has 166 valence electrons. The summed E-state index contributed by atoms with van der Waals surface area (Å²) in [6.07, 6.45) is -14.0. The molecule has 1 heterocycles. The second-order valence-electron chi connectivity index (χ2n) is 5.12. The lowest BCUT2D eigenvalue weighted by molar-refractivity contribution is -0.339. The van der Waals surface area contributed by atoms with Crippen LogP contribution in [0.3, 0.4) is 0 Å². The molecule has 0 atom stereocenters. The Balaban J connectivity index is 3.33. The maximum absolute atomic E-state index is 13.2. The third-order valence-corrected chi connectivity index (χ3v) is 3.12. The van der Waals surface area contributed by atoms with Crippen molar-refractivity contribution in [3.8, 4) is 0 Å². The van der Waals surface area contributed by atoms with E-state index < -0.39 is 59.1 Å². The molecule has 0 radical (unpaired) electrons. The van der Waals surface area contributed by atoms with Gasteiger partial charge in [0.2, 0.25) is 0 Å². The number of carbonyl (C=O) groups excluding carboxylic acids is 2. The lowest BCUT2D eigenvalue weighted by atomic mass is 10.0. The van der Waals surface area contributed by atoms with Gasteiger partial charge in [-0.3, -0.25) is 9.59 Å². The van der Waals surface area contributed by atoms with Crippen LogP contribution in [0.25, 0.3) is 0 Å². The van der Waals surface area contributed by atoms with Gasteiger partial charge in [-0.05, 0) is 12.1 Å². The van der Waals surface area contributed by atoms with Crippen LogP contribution < -0.4 is 0 Å². The number of furan rings is 1. The summed E-state index contributed by atoms with van der Waals surface area (Å²) in [4.78, 5) is 22.3. The first-order valence-electron chi connectivity index (χ1n) is 6.37. The van der Waals surface area contributed by atoms with Crippen molar-refractivity contribution < 1.29 is 75.5 Å². The van der Waals surface area contributed by atoms with E-state index in [1.54, 1.807) is 0 Å². The second-order valence-corrected chi connectivity index (χ2v) is 5.12. The Labute approximate surface area is 148 Å². The van der Waals surface area contributed by atoms with Crippen molar-refractivity contribution in [2.24, 2.45) is 0 Å². The fraction of sp³-hybridized carbons (Fsp3) is 0.500. The Hall–Kier alpha value is -2.36. The van der Waals surface area contributed by atoms with Gasteiger partial charge in [0.25, 0.3) is 11.6 Å². The molecular formula is C12H2F14O3.